The number of aromatic hydroxyl groups is 2. The molecule has 0 spiro atoms. The molecule has 2 saturated heterocycles. The summed E-state index contributed by atoms with van der Waals surface area (Å²) in [6, 6.07) is -4.72. The summed E-state index contributed by atoms with van der Waals surface area (Å²) in [6.07, 6.45) is 4.27. The van der Waals surface area contributed by atoms with Crippen LogP contribution in [0.15, 0.2) is 57.4 Å². The van der Waals surface area contributed by atoms with E-state index in [0.29, 0.717) is 30.7 Å². The summed E-state index contributed by atoms with van der Waals surface area (Å²) in [4.78, 5) is 78.2. The Bertz CT molecular complexity index is 2000. The second kappa shape index (κ2) is 12.7. The third-order valence-corrected chi connectivity index (χ3v) is 9.37. The zero-order valence-corrected chi connectivity index (χ0v) is 27.4. The van der Waals surface area contributed by atoms with E-state index in [1.807, 2.05) is 0 Å². The first kappa shape index (κ1) is 34.8. The molecule has 4 aliphatic rings. The Morgan fingerprint density at radius 1 is 0.745 bits per heavy atom. The number of amides is 6. The van der Waals surface area contributed by atoms with Crippen LogP contribution in [-0.2, 0) is 41.6 Å². The third-order valence-electron chi connectivity index (χ3n) is 8.68. The minimum absolute atomic E-state index is 0.0804. The van der Waals surface area contributed by atoms with E-state index in [9.17, 15) is 57.8 Å². The molecule has 4 atom stereocenters. The largest absolute Gasteiger partial charge is 0.503 e. The molecule has 23 heteroatoms. The van der Waals surface area contributed by atoms with E-state index in [0.717, 1.165) is 34.3 Å². The summed E-state index contributed by atoms with van der Waals surface area (Å²) >= 11 is 0. The number of nitrogens with one attached hydrogen (secondary N) is 2. The predicted octanol–water partition coefficient (Wildman–Crippen LogP) is -2.19. The summed E-state index contributed by atoms with van der Waals surface area (Å²) in [5.41, 5.74) is -1.03. The number of rotatable bonds is 10. The number of aromatic nitrogens is 2. The molecule has 2 aromatic rings. The second-order valence-electron chi connectivity index (χ2n) is 12.0. The zero-order chi connectivity index (χ0) is 37.1. The molecule has 6 amide bonds. The molecule has 51 heavy (non-hydrogen) atoms. The highest BCUT2D eigenvalue weighted by Gasteiger charge is 2.52. The average molecular weight is 735 g/mol. The van der Waals surface area contributed by atoms with E-state index in [1.54, 1.807) is 0 Å². The lowest BCUT2D eigenvalue weighted by Crippen LogP contribution is -2.48. The van der Waals surface area contributed by atoms with Gasteiger partial charge in [0.1, 0.15) is 24.2 Å². The fraction of sp³-hybridized carbons (Fsp3) is 0.357. The quantitative estimate of drug-likeness (QED) is 0.112. The summed E-state index contributed by atoms with van der Waals surface area (Å²) in [5, 5.41) is 44.5. The maximum Gasteiger partial charge on any atom is 0.442 e. The van der Waals surface area contributed by atoms with Gasteiger partial charge in [-0.1, -0.05) is 12.2 Å². The Morgan fingerprint density at radius 3 is 1.49 bits per heavy atom. The molecule has 4 unspecified atom stereocenters. The van der Waals surface area contributed by atoms with Crippen molar-refractivity contribution in [2.75, 3.05) is 13.1 Å². The van der Waals surface area contributed by atoms with Gasteiger partial charge in [-0.15, -0.1) is 8.57 Å². The lowest BCUT2D eigenvalue weighted by molar-refractivity contribution is -0.125. The molecule has 4 aliphatic heterocycles. The van der Waals surface area contributed by atoms with Gasteiger partial charge in [0, 0.05) is 12.1 Å². The molecule has 0 aliphatic carbocycles. The summed E-state index contributed by atoms with van der Waals surface area (Å²) < 4.78 is 37.2. The number of pyridine rings is 2. The van der Waals surface area contributed by atoms with Crippen molar-refractivity contribution in [1.29, 1.82) is 0 Å². The van der Waals surface area contributed by atoms with Gasteiger partial charge in [0.05, 0.1) is 50.0 Å². The number of hydroxylamine groups is 4. The Kier molecular flexibility index (Phi) is 8.64. The van der Waals surface area contributed by atoms with Crippen LogP contribution in [0.3, 0.4) is 0 Å². The van der Waals surface area contributed by atoms with Crippen LogP contribution in [0.4, 0.5) is 9.59 Å². The van der Waals surface area contributed by atoms with Crippen molar-refractivity contribution < 1.29 is 56.8 Å². The van der Waals surface area contributed by atoms with E-state index in [2.05, 4.69) is 10.6 Å². The van der Waals surface area contributed by atoms with Gasteiger partial charge >= 0.3 is 22.5 Å². The average Bonchev–Trinajstić information content (AvgIpc) is 3.49. The van der Waals surface area contributed by atoms with Gasteiger partial charge in [-0.2, -0.15) is 28.0 Å². The monoisotopic (exact) mass is 734 g/mol. The van der Waals surface area contributed by atoms with Crippen LogP contribution in [0.25, 0.3) is 0 Å². The van der Waals surface area contributed by atoms with E-state index >= 15 is 0 Å². The van der Waals surface area contributed by atoms with Crippen molar-refractivity contribution in [1.82, 2.24) is 40.0 Å². The number of fused-ring (bicyclic) bond motifs is 4. The minimum atomic E-state index is -5.19. The van der Waals surface area contributed by atoms with Crippen LogP contribution in [0, 0.1) is 0 Å². The van der Waals surface area contributed by atoms with Crippen LogP contribution >= 0.6 is 0 Å². The number of hydrogen-bond donors (Lipinski definition) is 6. The third kappa shape index (κ3) is 6.39. The normalized spacial score (nSPS) is 22.6. The molecule has 2 aromatic heterocycles. The van der Waals surface area contributed by atoms with Gasteiger partial charge in [-0.3, -0.25) is 19.2 Å². The Labute approximate surface area is 286 Å². The Hall–Kier alpha value is -6.07. The first-order valence-electron chi connectivity index (χ1n) is 15.0. The van der Waals surface area contributed by atoms with Crippen LogP contribution in [-0.4, -0.2) is 120 Å². The molecular weight excluding hydrogens is 704 g/mol. The molecule has 0 aromatic carbocycles. The summed E-state index contributed by atoms with van der Waals surface area (Å²) in [7, 11) is -5.19. The van der Waals surface area contributed by atoms with E-state index in [-0.39, 0.29) is 37.6 Å². The van der Waals surface area contributed by atoms with Gasteiger partial charge < -0.3 is 41.1 Å². The van der Waals surface area contributed by atoms with E-state index < -0.39 is 80.8 Å². The van der Waals surface area contributed by atoms with Crippen LogP contribution in [0.1, 0.15) is 25.2 Å². The highest BCUT2D eigenvalue weighted by atomic mass is 32.3. The van der Waals surface area contributed by atoms with Crippen LogP contribution in [0.5, 0.6) is 11.5 Å². The highest BCUT2D eigenvalue weighted by Crippen LogP contribution is 2.34. The van der Waals surface area contributed by atoms with Crippen molar-refractivity contribution in [3.8, 4) is 11.5 Å². The maximum atomic E-state index is 13.3. The molecule has 6 rings (SSSR count). The zero-order valence-electron chi connectivity index (χ0n) is 26.6. The fourth-order valence-corrected chi connectivity index (χ4v) is 6.72. The van der Waals surface area contributed by atoms with Gasteiger partial charge in [-0.25, -0.2) is 9.59 Å². The van der Waals surface area contributed by atoms with Crippen LogP contribution < -0.4 is 21.5 Å². The second-order valence-corrected chi connectivity index (χ2v) is 13.1. The number of nitrogens with zero attached hydrogens (tertiary/aromatic N) is 6. The topological polar surface area (TPSA) is 283 Å². The van der Waals surface area contributed by atoms with Crippen molar-refractivity contribution in [3.05, 3.63) is 79.7 Å². The number of carbonyl (C=O) groups excluding carboxylic acids is 4. The summed E-state index contributed by atoms with van der Waals surface area (Å²) in [5.74, 6) is -2.93. The summed E-state index contributed by atoms with van der Waals surface area (Å²) in [6.45, 7) is 1.96. The molecule has 272 valence electrons. The molecule has 22 nitrogen and oxygen atoms in total. The van der Waals surface area contributed by atoms with Crippen molar-refractivity contribution in [2.24, 2.45) is 0 Å². The molecule has 0 saturated carbocycles. The fourth-order valence-electron chi connectivity index (χ4n) is 5.97. The highest BCUT2D eigenvalue weighted by molar-refractivity contribution is 7.81. The molecule has 4 bridgehead atoms. The van der Waals surface area contributed by atoms with Crippen molar-refractivity contribution >= 4 is 34.3 Å². The number of carbonyl (C=O) groups is 4. The molecule has 2 fully saturated rings. The Balaban J connectivity index is 1.09. The number of urea groups is 2. The van der Waals surface area contributed by atoms with Gasteiger partial charge in [0.15, 0.2) is 11.5 Å². The lowest BCUT2D eigenvalue weighted by Gasteiger charge is -2.27. The van der Waals surface area contributed by atoms with Gasteiger partial charge in [-0.05, 0) is 25.0 Å². The maximum absolute atomic E-state index is 13.3. The van der Waals surface area contributed by atoms with E-state index in [1.165, 1.54) is 26.0 Å². The smallest absolute Gasteiger partial charge is 0.442 e. The lowest BCUT2D eigenvalue weighted by atomic mass is 10.0. The SMILES string of the molecule is CC1=CC(C(=O)NCc2cc(=O)c(O)cn2O)N2CC1N(OS(=O)(=O)ON1C(=O)N3CC1C(C)=CC3C(=O)NCc1cc(=O)c(O)cn1O)C2=O. The predicted molar refractivity (Wildman–Crippen MR) is 164 cm³/mol. The van der Waals surface area contributed by atoms with Crippen LogP contribution in [0.2, 0.25) is 0 Å². The Morgan fingerprint density at radius 2 is 1.12 bits per heavy atom. The standard InChI is InChI=1S/C28H30N8O14S/c1-13-3-17(25(41)29-7-15-5-21(37)23(39)11-33(15)45)31-9-19(13)35(27(31)43)49-51(47,48)50-36-20-10-32(28(36)44)18(4-14(20)2)26(42)30-8-16-6-22(38)24(40)12-34(16)46/h3-6,11-12,17-20,39-40,45-46H,7-10H2,1-2H3,(H,29,41)(H,30,42). The first-order valence-corrected chi connectivity index (χ1v) is 16.3. The van der Waals surface area contributed by atoms with E-state index in [4.69, 9.17) is 8.57 Å². The molecular formula is C28H30N8O14S. The van der Waals surface area contributed by atoms with Crippen molar-refractivity contribution in [3.63, 3.8) is 0 Å². The molecule has 6 heterocycles. The van der Waals surface area contributed by atoms with Gasteiger partial charge in [0.2, 0.25) is 22.7 Å². The van der Waals surface area contributed by atoms with Gasteiger partial charge in [0.25, 0.3) is 0 Å². The first-order chi connectivity index (χ1) is 24.0. The molecule has 0 radical (unpaired) electrons. The molecule has 6 N–H and O–H groups in total. The number of hydrogen-bond acceptors (Lipinski definition) is 14. The minimum Gasteiger partial charge on any atom is -0.503 e. The van der Waals surface area contributed by atoms with Crippen molar-refractivity contribution in [2.45, 2.75) is 51.1 Å².